The lowest BCUT2D eigenvalue weighted by molar-refractivity contribution is -0.131. The Balaban J connectivity index is 1.72. The van der Waals surface area contributed by atoms with Crippen LogP contribution in [0.3, 0.4) is 0 Å². The highest BCUT2D eigenvalue weighted by Gasteiger charge is 2.45. The van der Waals surface area contributed by atoms with Gasteiger partial charge in [0.1, 0.15) is 17.4 Å². The first kappa shape index (κ1) is 24.3. The Kier molecular flexibility index (Phi) is 8.32. The lowest BCUT2D eigenvalue weighted by Crippen LogP contribution is -2.30. The molecule has 0 bridgehead atoms. The lowest BCUT2D eigenvalue weighted by atomic mass is 10.0. The number of aromatic nitrogens is 2. The molecule has 0 N–H and O–H groups in total. The van der Waals surface area contributed by atoms with Gasteiger partial charge in [0.15, 0.2) is 0 Å². The Morgan fingerprint density at radius 3 is 2.78 bits per heavy atom. The SMILES string of the molecule is CC=CC(Cl)=CN=C(C)Sc1c(-c2ccc(C3CC3C(=O)N(C)CCF)cc2)ncn1C. The molecule has 0 radical (unpaired) electrons. The molecule has 1 amide bonds. The van der Waals surface area contributed by atoms with E-state index in [1.807, 2.05) is 43.7 Å². The maximum Gasteiger partial charge on any atom is 0.226 e. The van der Waals surface area contributed by atoms with Crippen molar-refractivity contribution in [1.82, 2.24) is 14.5 Å². The first-order chi connectivity index (χ1) is 15.3. The van der Waals surface area contributed by atoms with Gasteiger partial charge in [0.2, 0.25) is 5.91 Å². The predicted octanol–water partition coefficient (Wildman–Crippen LogP) is 5.79. The minimum Gasteiger partial charge on any atom is -0.343 e. The van der Waals surface area contributed by atoms with Crippen molar-refractivity contribution < 1.29 is 9.18 Å². The molecule has 1 heterocycles. The van der Waals surface area contributed by atoms with Gasteiger partial charge in [0, 0.05) is 38.3 Å². The molecule has 5 nitrogen and oxygen atoms in total. The molecule has 1 aliphatic carbocycles. The fraction of sp³-hybridized carbons (Fsp3) is 0.375. The molecule has 0 spiro atoms. The summed E-state index contributed by atoms with van der Waals surface area (Å²) < 4.78 is 14.5. The number of rotatable bonds is 8. The number of imidazole rings is 1. The summed E-state index contributed by atoms with van der Waals surface area (Å²) in [5.74, 6) is 0.192. The second-order valence-corrected chi connectivity index (χ2v) is 9.41. The van der Waals surface area contributed by atoms with Gasteiger partial charge in [-0.2, -0.15) is 0 Å². The number of aliphatic imine (C=N–C) groups is 1. The number of hydrogen-bond acceptors (Lipinski definition) is 4. The minimum absolute atomic E-state index is 0.0264. The molecule has 32 heavy (non-hydrogen) atoms. The van der Waals surface area contributed by atoms with Crippen molar-refractivity contribution in [3.05, 3.63) is 59.5 Å². The molecule has 2 aromatic rings. The fourth-order valence-electron chi connectivity index (χ4n) is 3.50. The number of allylic oxidation sites excluding steroid dienone is 3. The average molecular weight is 475 g/mol. The Labute approximate surface area is 198 Å². The zero-order chi connectivity index (χ0) is 23.3. The van der Waals surface area contributed by atoms with E-state index >= 15 is 0 Å². The number of thioether (sulfide) groups is 1. The predicted molar refractivity (Wildman–Crippen MR) is 131 cm³/mol. The van der Waals surface area contributed by atoms with Crippen LogP contribution in [-0.2, 0) is 11.8 Å². The largest absolute Gasteiger partial charge is 0.343 e. The monoisotopic (exact) mass is 474 g/mol. The summed E-state index contributed by atoms with van der Waals surface area (Å²) in [4.78, 5) is 22.9. The van der Waals surface area contributed by atoms with E-state index in [-0.39, 0.29) is 24.3 Å². The summed E-state index contributed by atoms with van der Waals surface area (Å²) in [6, 6.07) is 8.21. The summed E-state index contributed by atoms with van der Waals surface area (Å²) in [6.45, 7) is 3.48. The van der Waals surface area contributed by atoms with Crippen molar-refractivity contribution in [3.63, 3.8) is 0 Å². The summed E-state index contributed by atoms with van der Waals surface area (Å²) in [5.41, 5.74) is 3.02. The summed E-state index contributed by atoms with van der Waals surface area (Å²) in [5, 5.41) is 2.41. The van der Waals surface area contributed by atoms with Crippen LogP contribution in [0.2, 0.25) is 0 Å². The van der Waals surface area contributed by atoms with Gasteiger partial charge in [0.25, 0.3) is 0 Å². The number of benzene rings is 1. The molecule has 1 saturated carbocycles. The third-order valence-corrected chi connectivity index (χ3v) is 6.64. The Morgan fingerprint density at radius 1 is 1.41 bits per heavy atom. The number of alkyl halides is 1. The van der Waals surface area contributed by atoms with Crippen molar-refractivity contribution in [3.8, 4) is 11.3 Å². The molecule has 0 saturated heterocycles. The smallest absolute Gasteiger partial charge is 0.226 e. The van der Waals surface area contributed by atoms with E-state index in [0.29, 0.717) is 5.03 Å². The van der Waals surface area contributed by atoms with Gasteiger partial charge in [-0.15, -0.1) is 0 Å². The standard InChI is InChI=1S/C24H28ClFN4OS/c1-5-6-19(25)14-27-16(2)32-24-22(28-15-30(24)4)18-9-7-17(8-10-18)20-13-21(20)23(31)29(3)12-11-26/h5-10,14-15,20-21H,11-13H2,1-4H3. The van der Waals surface area contributed by atoms with E-state index < -0.39 is 6.67 Å². The topological polar surface area (TPSA) is 50.5 Å². The molecule has 1 aromatic heterocycles. The maximum absolute atomic E-state index is 12.5. The van der Waals surface area contributed by atoms with Crippen molar-refractivity contribution in [1.29, 1.82) is 0 Å². The molecule has 8 heteroatoms. The first-order valence-corrected chi connectivity index (χ1v) is 11.7. The molecule has 1 aromatic carbocycles. The molecular weight excluding hydrogens is 447 g/mol. The van der Waals surface area contributed by atoms with Crippen LogP contribution in [0.25, 0.3) is 11.3 Å². The number of halogens is 2. The summed E-state index contributed by atoms with van der Waals surface area (Å²) in [7, 11) is 3.62. The van der Waals surface area contributed by atoms with E-state index in [0.717, 1.165) is 33.3 Å². The molecular formula is C24H28ClFN4OS. The number of aryl methyl sites for hydroxylation is 1. The van der Waals surface area contributed by atoms with Crippen LogP contribution in [0.1, 0.15) is 31.7 Å². The van der Waals surface area contributed by atoms with Crippen molar-refractivity contribution in [2.75, 3.05) is 20.3 Å². The third-order valence-electron chi connectivity index (χ3n) is 5.34. The lowest BCUT2D eigenvalue weighted by Gasteiger charge is -2.15. The van der Waals surface area contributed by atoms with Crippen LogP contribution in [0.4, 0.5) is 4.39 Å². The summed E-state index contributed by atoms with van der Waals surface area (Å²) >= 11 is 7.61. The number of amides is 1. The van der Waals surface area contributed by atoms with Crippen LogP contribution >= 0.6 is 23.4 Å². The van der Waals surface area contributed by atoms with Crippen molar-refractivity contribution in [2.24, 2.45) is 18.0 Å². The van der Waals surface area contributed by atoms with Gasteiger partial charge in [-0.25, -0.2) is 9.37 Å². The van der Waals surface area contributed by atoms with Crippen LogP contribution in [0, 0.1) is 5.92 Å². The molecule has 2 unspecified atom stereocenters. The quantitative estimate of drug-likeness (QED) is 0.211. The molecule has 2 atom stereocenters. The van der Waals surface area contributed by atoms with Crippen LogP contribution in [0.5, 0.6) is 0 Å². The second kappa shape index (κ2) is 11.0. The van der Waals surface area contributed by atoms with Crippen LogP contribution < -0.4 is 0 Å². The maximum atomic E-state index is 12.5. The third kappa shape index (κ3) is 5.90. The van der Waals surface area contributed by atoms with Crippen molar-refractivity contribution in [2.45, 2.75) is 31.2 Å². The summed E-state index contributed by atoms with van der Waals surface area (Å²) in [6.07, 6.45) is 7.89. The fourth-order valence-corrected chi connectivity index (χ4v) is 4.52. The van der Waals surface area contributed by atoms with E-state index in [9.17, 15) is 9.18 Å². The molecule has 1 aliphatic rings. The van der Waals surface area contributed by atoms with Gasteiger partial charge in [0.05, 0.1) is 16.4 Å². The Morgan fingerprint density at radius 2 is 2.12 bits per heavy atom. The average Bonchev–Trinajstić information content (AvgIpc) is 3.50. The van der Waals surface area contributed by atoms with Gasteiger partial charge in [-0.3, -0.25) is 9.79 Å². The van der Waals surface area contributed by atoms with Crippen molar-refractivity contribution >= 4 is 34.3 Å². The van der Waals surface area contributed by atoms with Crippen LogP contribution in [0.15, 0.2) is 64.0 Å². The van der Waals surface area contributed by atoms with Gasteiger partial charge in [-0.05, 0) is 37.8 Å². The minimum atomic E-state index is -0.512. The second-order valence-electron chi connectivity index (χ2n) is 7.79. The van der Waals surface area contributed by atoms with E-state index in [1.165, 1.54) is 16.7 Å². The Hall–Kier alpha value is -2.38. The zero-order valence-corrected chi connectivity index (χ0v) is 20.3. The first-order valence-electron chi connectivity index (χ1n) is 10.5. The Bertz CT molecular complexity index is 1040. The number of carbonyl (C=O) groups is 1. The van der Waals surface area contributed by atoms with E-state index in [1.54, 1.807) is 25.7 Å². The van der Waals surface area contributed by atoms with Gasteiger partial charge in [-0.1, -0.05) is 53.7 Å². The van der Waals surface area contributed by atoms with E-state index in [2.05, 4.69) is 22.1 Å². The van der Waals surface area contributed by atoms with Gasteiger partial charge < -0.3 is 9.47 Å². The number of hydrogen-bond donors (Lipinski definition) is 0. The number of carbonyl (C=O) groups excluding carboxylic acids is 1. The van der Waals surface area contributed by atoms with E-state index in [4.69, 9.17) is 11.6 Å². The normalized spacial score (nSPS) is 18.9. The highest BCUT2D eigenvalue weighted by molar-refractivity contribution is 8.13. The molecule has 170 valence electrons. The molecule has 3 rings (SSSR count). The number of nitrogens with zero attached hydrogens (tertiary/aromatic N) is 4. The van der Waals surface area contributed by atoms with Crippen LogP contribution in [-0.4, -0.2) is 45.7 Å². The highest BCUT2D eigenvalue weighted by Crippen LogP contribution is 2.48. The molecule has 1 fully saturated rings. The molecule has 0 aliphatic heterocycles. The zero-order valence-electron chi connectivity index (χ0n) is 18.8. The van der Waals surface area contributed by atoms with Gasteiger partial charge >= 0.3 is 0 Å². The highest BCUT2D eigenvalue weighted by atomic mass is 35.5.